The molecule has 1 fully saturated rings. The van der Waals surface area contributed by atoms with Crippen LogP contribution in [0.5, 0.6) is 0 Å². The second kappa shape index (κ2) is 7.21. The first kappa shape index (κ1) is 15.5. The van der Waals surface area contributed by atoms with Gasteiger partial charge in [0.2, 0.25) is 11.9 Å². The molecule has 0 aliphatic carbocycles. The lowest BCUT2D eigenvalue weighted by molar-refractivity contribution is -0.132. The monoisotopic (exact) mass is 314 g/mol. The number of nitrogens with one attached hydrogen (secondary N) is 1. The quantitative estimate of drug-likeness (QED) is 0.908. The number of anilines is 1. The summed E-state index contributed by atoms with van der Waals surface area (Å²) in [6.07, 6.45) is 9.81. The number of nitrogens with zero attached hydrogens (tertiary/aromatic N) is 5. The molecular weight excluding hydrogens is 292 g/mol. The average Bonchev–Trinajstić information content (AvgIpc) is 3.02. The molecule has 1 aliphatic heterocycles. The van der Waals surface area contributed by atoms with Gasteiger partial charge in [0.1, 0.15) is 0 Å². The molecule has 1 N–H and O–H groups in total. The fraction of sp³-hybridized carbons (Fsp3) is 0.500. The third-order valence-electron chi connectivity index (χ3n) is 4.04. The molecule has 0 bridgehead atoms. The summed E-state index contributed by atoms with van der Waals surface area (Å²) < 4.78 is 1.99. The van der Waals surface area contributed by atoms with Crippen molar-refractivity contribution in [1.82, 2.24) is 24.6 Å². The average molecular weight is 314 g/mol. The highest BCUT2D eigenvalue weighted by Crippen LogP contribution is 2.21. The first-order valence-corrected chi connectivity index (χ1v) is 8.02. The zero-order valence-corrected chi connectivity index (χ0v) is 13.4. The lowest BCUT2D eigenvalue weighted by Gasteiger charge is -2.33. The van der Waals surface area contributed by atoms with Crippen LogP contribution in [0.2, 0.25) is 0 Å². The highest BCUT2D eigenvalue weighted by Gasteiger charge is 2.24. The van der Waals surface area contributed by atoms with Gasteiger partial charge in [-0.25, -0.2) is 9.97 Å². The molecule has 23 heavy (non-hydrogen) atoms. The van der Waals surface area contributed by atoms with Crippen molar-refractivity contribution < 1.29 is 4.79 Å². The number of amides is 1. The van der Waals surface area contributed by atoms with Crippen LogP contribution < -0.4 is 5.32 Å². The maximum atomic E-state index is 12.4. The SMILES string of the molecule is Cc1cnn([C@H]2CCCN(C(=O)CCNc3ncccn3)C2)c1. The van der Waals surface area contributed by atoms with Crippen molar-refractivity contribution in [3.63, 3.8) is 0 Å². The fourth-order valence-corrected chi connectivity index (χ4v) is 2.86. The number of piperidine rings is 1. The first-order valence-electron chi connectivity index (χ1n) is 8.02. The van der Waals surface area contributed by atoms with Crippen molar-refractivity contribution in [2.45, 2.75) is 32.2 Å². The number of hydrogen-bond donors (Lipinski definition) is 1. The summed E-state index contributed by atoms with van der Waals surface area (Å²) in [7, 11) is 0. The summed E-state index contributed by atoms with van der Waals surface area (Å²) in [4.78, 5) is 22.5. The van der Waals surface area contributed by atoms with E-state index in [2.05, 4.69) is 20.4 Å². The largest absolute Gasteiger partial charge is 0.354 e. The van der Waals surface area contributed by atoms with E-state index in [9.17, 15) is 4.79 Å². The van der Waals surface area contributed by atoms with Crippen LogP contribution in [-0.2, 0) is 4.79 Å². The van der Waals surface area contributed by atoms with Crippen molar-refractivity contribution in [1.29, 1.82) is 0 Å². The predicted octanol–water partition coefficient (Wildman–Crippen LogP) is 1.65. The standard InChI is InChI=1S/C16H22N6O/c1-13-10-20-22(11-13)14-4-2-9-21(12-14)15(23)5-8-19-16-17-6-3-7-18-16/h3,6-7,10-11,14H,2,4-5,8-9,12H2,1H3,(H,17,18,19)/t14-/m0/s1. The zero-order valence-electron chi connectivity index (χ0n) is 13.4. The fourth-order valence-electron chi connectivity index (χ4n) is 2.86. The van der Waals surface area contributed by atoms with Crippen molar-refractivity contribution in [3.05, 3.63) is 36.4 Å². The maximum Gasteiger partial charge on any atom is 0.224 e. The number of aromatic nitrogens is 4. The Kier molecular flexibility index (Phi) is 4.85. The Morgan fingerprint density at radius 3 is 2.96 bits per heavy atom. The maximum absolute atomic E-state index is 12.4. The van der Waals surface area contributed by atoms with Gasteiger partial charge in [-0.3, -0.25) is 9.48 Å². The van der Waals surface area contributed by atoms with E-state index in [1.165, 1.54) is 0 Å². The number of aryl methyl sites for hydroxylation is 1. The van der Waals surface area contributed by atoms with Gasteiger partial charge in [-0.1, -0.05) is 0 Å². The molecule has 2 aromatic heterocycles. The zero-order chi connectivity index (χ0) is 16.1. The van der Waals surface area contributed by atoms with E-state index in [0.717, 1.165) is 31.5 Å². The van der Waals surface area contributed by atoms with Crippen LogP contribution in [0.3, 0.4) is 0 Å². The van der Waals surface area contributed by atoms with Crippen molar-refractivity contribution in [3.8, 4) is 0 Å². The van der Waals surface area contributed by atoms with Gasteiger partial charge >= 0.3 is 0 Å². The van der Waals surface area contributed by atoms with Gasteiger partial charge in [-0.15, -0.1) is 0 Å². The Morgan fingerprint density at radius 2 is 2.22 bits per heavy atom. The second-order valence-electron chi connectivity index (χ2n) is 5.88. The molecule has 7 nitrogen and oxygen atoms in total. The number of hydrogen-bond acceptors (Lipinski definition) is 5. The molecule has 1 atom stereocenters. The first-order chi connectivity index (χ1) is 11.2. The molecule has 2 aromatic rings. The minimum absolute atomic E-state index is 0.169. The van der Waals surface area contributed by atoms with Gasteiger partial charge in [0, 0.05) is 44.6 Å². The lowest BCUT2D eigenvalue weighted by atomic mass is 10.1. The molecule has 0 aromatic carbocycles. The molecule has 0 spiro atoms. The Balaban J connectivity index is 1.49. The summed E-state index contributed by atoms with van der Waals surface area (Å²) in [5.74, 6) is 0.728. The highest BCUT2D eigenvalue weighted by atomic mass is 16.2. The molecule has 3 heterocycles. The number of carbonyl (C=O) groups is 1. The summed E-state index contributed by atoms with van der Waals surface area (Å²) in [5, 5.41) is 7.46. The molecule has 7 heteroatoms. The van der Waals surface area contributed by atoms with E-state index >= 15 is 0 Å². The second-order valence-corrected chi connectivity index (χ2v) is 5.88. The van der Waals surface area contributed by atoms with Crippen LogP contribution in [0.4, 0.5) is 5.95 Å². The van der Waals surface area contributed by atoms with Crippen LogP contribution >= 0.6 is 0 Å². The smallest absolute Gasteiger partial charge is 0.224 e. The summed E-state index contributed by atoms with van der Waals surface area (Å²) >= 11 is 0. The third-order valence-corrected chi connectivity index (χ3v) is 4.04. The molecule has 1 aliphatic rings. The van der Waals surface area contributed by atoms with Gasteiger partial charge in [-0.2, -0.15) is 5.10 Å². The molecule has 122 valence electrons. The van der Waals surface area contributed by atoms with E-state index in [-0.39, 0.29) is 11.9 Å². The van der Waals surface area contributed by atoms with Gasteiger partial charge in [0.15, 0.2) is 0 Å². The Bertz CT molecular complexity index is 641. The van der Waals surface area contributed by atoms with Crippen molar-refractivity contribution >= 4 is 11.9 Å². The van der Waals surface area contributed by atoms with Crippen molar-refractivity contribution in [2.75, 3.05) is 25.0 Å². The summed E-state index contributed by atoms with van der Waals surface area (Å²) in [6, 6.07) is 2.05. The Morgan fingerprint density at radius 1 is 1.39 bits per heavy atom. The molecule has 1 saturated heterocycles. The third kappa shape index (κ3) is 4.06. The van der Waals surface area contributed by atoms with Crippen LogP contribution in [0.1, 0.15) is 30.9 Å². The number of rotatable bonds is 5. The minimum atomic E-state index is 0.169. The molecule has 1 amide bonds. The number of likely N-dealkylation sites (tertiary alicyclic amines) is 1. The predicted molar refractivity (Wildman–Crippen MR) is 87.0 cm³/mol. The van der Waals surface area contributed by atoms with Crippen molar-refractivity contribution in [2.24, 2.45) is 0 Å². The van der Waals surface area contributed by atoms with E-state index in [1.54, 1.807) is 18.5 Å². The molecular formula is C16H22N6O. The summed E-state index contributed by atoms with van der Waals surface area (Å²) in [5.41, 5.74) is 1.15. The van der Waals surface area contributed by atoms with Gasteiger partial charge in [0.25, 0.3) is 0 Å². The molecule has 0 radical (unpaired) electrons. The van der Waals surface area contributed by atoms with E-state index < -0.39 is 0 Å². The normalized spacial score (nSPS) is 18.0. The Labute approximate surface area is 135 Å². The topological polar surface area (TPSA) is 75.9 Å². The lowest BCUT2D eigenvalue weighted by Crippen LogP contribution is -2.41. The van der Waals surface area contributed by atoms with Crippen LogP contribution in [-0.4, -0.2) is 50.2 Å². The minimum Gasteiger partial charge on any atom is -0.354 e. The highest BCUT2D eigenvalue weighted by molar-refractivity contribution is 5.76. The number of carbonyl (C=O) groups excluding carboxylic acids is 1. The van der Waals surface area contributed by atoms with Gasteiger partial charge in [-0.05, 0) is 31.4 Å². The van der Waals surface area contributed by atoms with Crippen LogP contribution in [0, 0.1) is 6.92 Å². The molecule has 0 saturated carbocycles. The molecule has 0 unspecified atom stereocenters. The van der Waals surface area contributed by atoms with Gasteiger partial charge < -0.3 is 10.2 Å². The van der Waals surface area contributed by atoms with E-state index in [1.807, 2.05) is 28.9 Å². The Hall–Kier alpha value is -2.44. The van der Waals surface area contributed by atoms with E-state index in [4.69, 9.17) is 0 Å². The van der Waals surface area contributed by atoms with E-state index in [0.29, 0.717) is 18.9 Å². The van der Waals surface area contributed by atoms with Crippen LogP contribution in [0.15, 0.2) is 30.9 Å². The summed E-state index contributed by atoms with van der Waals surface area (Å²) in [6.45, 7) is 4.15. The van der Waals surface area contributed by atoms with Crippen LogP contribution in [0.25, 0.3) is 0 Å². The van der Waals surface area contributed by atoms with Gasteiger partial charge in [0.05, 0.1) is 12.2 Å². The molecule has 3 rings (SSSR count).